The molecule has 0 aliphatic rings. The number of hydrogen-bond donors (Lipinski definition) is 3. The number of benzene rings is 1. The number of aromatic amines is 2. The molecule has 1 amide bonds. The number of H-pyrrole nitrogens is 2. The van der Waals surface area contributed by atoms with Crippen molar-refractivity contribution in [1.29, 1.82) is 0 Å². The van der Waals surface area contributed by atoms with Crippen LogP contribution in [0.4, 0.5) is 5.82 Å². The van der Waals surface area contributed by atoms with E-state index in [1.807, 2.05) is 59.3 Å². The lowest BCUT2D eigenvalue weighted by Crippen LogP contribution is -2.15. The Hall–Kier alpha value is -3.04. The van der Waals surface area contributed by atoms with Crippen LogP contribution in [0, 0.1) is 11.7 Å². The molecule has 4 rings (SSSR count). The Morgan fingerprint density at radius 1 is 1.21 bits per heavy atom. The molecule has 0 radical (unpaired) electrons. The first-order valence-corrected chi connectivity index (χ1v) is 10.0. The van der Waals surface area contributed by atoms with Crippen molar-refractivity contribution in [1.82, 2.24) is 25.0 Å². The first-order chi connectivity index (χ1) is 13.6. The van der Waals surface area contributed by atoms with Gasteiger partial charge >= 0.3 is 0 Å². The molecule has 0 aliphatic carbocycles. The van der Waals surface area contributed by atoms with Crippen LogP contribution in [0.5, 0.6) is 0 Å². The van der Waals surface area contributed by atoms with Gasteiger partial charge < -0.3 is 5.32 Å². The van der Waals surface area contributed by atoms with E-state index in [0.717, 1.165) is 27.5 Å². The molecule has 0 fully saturated rings. The summed E-state index contributed by atoms with van der Waals surface area (Å²) in [6.45, 7) is 2.45. The van der Waals surface area contributed by atoms with Crippen LogP contribution >= 0.6 is 23.6 Å². The molecule has 142 valence electrons. The van der Waals surface area contributed by atoms with Gasteiger partial charge in [0.05, 0.1) is 10.6 Å². The van der Waals surface area contributed by atoms with Gasteiger partial charge in [0.15, 0.2) is 16.4 Å². The van der Waals surface area contributed by atoms with Crippen molar-refractivity contribution in [2.45, 2.75) is 19.9 Å². The molecule has 0 spiro atoms. The summed E-state index contributed by atoms with van der Waals surface area (Å²) in [7, 11) is 0. The molecule has 3 N–H and O–H groups in total. The number of rotatable bonds is 6. The Balaban J connectivity index is 1.43. The SMILES string of the molecule is Cc1cccc(-c2n[nH]c(=S)n2CCC(=O)Nc2cc(-c3cccs3)[nH]n2)c1. The van der Waals surface area contributed by atoms with Crippen LogP contribution < -0.4 is 5.32 Å². The summed E-state index contributed by atoms with van der Waals surface area (Å²) in [6, 6.07) is 13.8. The van der Waals surface area contributed by atoms with Crippen molar-refractivity contribution >= 4 is 35.3 Å². The number of thiophene rings is 1. The molecular weight excluding hydrogens is 392 g/mol. The highest BCUT2D eigenvalue weighted by Gasteiger charge is 2.12. The van der Waals surface area contributed by atoms with Crippen LogP contribution in [-0.2, 0) is 11.3 Å². The molecule has 0 aliphatic heterocycles. The van der Waals surface area contributed by atoms with Crippen LogP contribution in [0.25, 0.3) is 22.0 Å². The number of aromatic nitrogens is 5. The summed E-state index contributed by atoms with van der Waals surface area (Å²) < 4.78 is 2.33. The van der Waals surface area contributed by atoms with E-state index in [4.69, 9.17) is 12.2 Å². The molecule has 7 nitrogen and oxygen atoms in total. The van der Waals surface area contributed by atoms with Gasteiger partial charge in [-0.05, 0) is 36.7 Å². The predicted octanol–water partition coefficient (Wildman–Crippen LogP) is 4.40. The van der Waals surface area contributed by atoms with E-state index in [0.29, 0.717) is 17.1 Å². The Kier molecular flexibility index (Phi) is 5.18. The Labute approximate surface area is 170 Å². The highest BCUT2D eigenvalue weighted by Crippen LogP contribution is 2.24. The van der Waals surface area contributed by atoms with Crippen LogP contribution in [-0.4, -0.2) is 30.9 Å². The number of nitrogens with zero attached hydrogens (tertiary/aromatic N) is 3. The van der Waals surface area contributed by atoms with E-state index < -0.39 is 0 Å². The number of amides is 1. The number of carbonyl (C=O) groups is 1. The average Bonchev–Trinajstić information content (AvgIpc) is 3.41. The zero-order valence-corrected chi connectivity index (χ0v) is 16.7. The lowest BCUT2D eigenvalue weighted by atomic mass is 10.1. The molecule has 3 aromatic heterocycles. The Morgan fingerprint density at radius 3 is 2.89 bits per heavy atom. The van der Waals surface area contributed by atoms with Crippen LogP contribution in [0.3, 0.4) is 0 Å². The number of anilines is 1. The van der Waals surface area contributed by atoms with E-state index in [1.54, 1.807) is 11.3 Å². The van der Waals surface area contributed by atoms with Crippen molar-refractivity contribution in [2.75, 3.05) is 5.32 Å². The van der Waals surface area contributed by atoms with Gasteiger partial charge in [-0.1, -0.05) is 29.8 Å². The zero-order valence-electron chi connectivity index (χ0n) is 15.1. The fourth-order valence-electron chi connectivity index (χ4n) is 2.89. The molecular formula is C19H18N6OS2. The minimum atomic E-state index is -0.137. The van der Waals surface area contributed by atoms with Crippen molar-refractivity contribution < 1.29 is 4.79 Å². The van der Waals surface area contributed by atoms with Gasteiger partial charge in [0.2, 0.25) is 5.91 Å². The van der Waals surface area contributed by atoms with Crippen molar-refractivity contribution in [3.8, 4) is 22.0 Å². The van der Waals surface area contributed by atoms with E-state index in [2.05, 4.69) is 25.7 Å². The minimum Gasteiger partial charge on any atom is -0.309 e. The topological polar surface area (TPSA) is 91.4 Å². The number of nitrogens with one attached hydrogen (secondary N) is 3. The fourth-order valence-corrected chi connectivity index (χ4v) is 3.81. The standard InChI is InChI=1S/C19H18N6OS2/c1-12-4-2-5-13(10-12)18-23-24-19(27)25(18)8-7-17(26)20-16-11-14(21-22-16)15-6-3-9-28-15/h2-6,9-11H,7-8H2,1H3,(H,24,27)(H2,20,21,22,26). The molecule has 0 saturated carbocycles. The lowest BCUT2D eigenvalue weighted by Gasteiger charge is -2.07. The van der Waals surface area contributed by atoms with E-state index in [1.165, 1.54) is 0 Å². The summed E-state index contributed by atoms with van der Waals surface area (Å²) in [5.41, 5.74) is 2.97. The van der Waals surface area contributed by atoms with Gasteiger partial charge in [0, 0.05) is 24.6 Å². The smallest absolute Gasteiger partial charge is 0.227 e. The summed E-state index contributed by atoms with van der Waals surface area (Å²) >= 11 is 6.94. The third-order valence-electron chi connectivity index (χ3n) is 4.23. The van der Waals surface area contributed by atoms with Gasteiger partial charge in [0.25, 0.3) is 0 Å². The largest absolute Gasteiger partial charge is 0.309 e. The second-order valence-electron chi connectivity index (χ2n) is 6.32. The summed E-state index contributed by atoms with van der Waals surface area (Å²) in [5, 5.41) is 19.0. The molecule has 28 heavy (non-hydrogen) atoms. The minimum absolute atomic E-state index is 0.137. The van der Waals surface area contributed by atoms with Crippen molar-refractivity contribution in [3.63, 3.8) is 0 Å². The van der Waals surface area contributed by atoms with Crippen molar-refractivity contribution in [3.05, 3.63) is 58.2 Å². The van der Waals surface area contributed by atoms with Gasteiger partial charge in [-0.3, -0.25) is 19.6 Å². The Morgan fingerprint density at radius 2 is 2.11 bits per heavy atom. The number of carbonyl (C=O) groups excluding carboxylic acids is 1. The normalized spacial score (nSPS) is 10.9. The molecule has 1 aromatic carbocycles. The quantitative estimate of drug-likeness (QED) is 0.411. The molecule has 9 heteroatoms. The maximum atomic E-state index is 12.4. The molecule has 3 heterocycles. The van der Waals surface area contributed by atoms with Gasteiger partial charge in [0.1, 0.15) is 0 Å². The summed E-state index contributed by atoms with van der Waals surface area (Å²) in [5.74, 6) is 1.09. The van der Waals surface area contributed by atoms with Gasteiger partial charge in [-0.25, -0.2) is 0 Å². The monoisotopic (exact) mass is 410 g/mol. The molecule has 0 bridgehead atoms. The molecule has 4 aromatic rings. The van der Waals surface area contributed by atoms with Crippen LogP contribution in [0.2, 0.25) is 0 Å². The van der Waals surface area contributed by atoms with Gasteiger partial charge in [-0.15, -0.1) is 11.3 Å². The first-order valence-electron chi connectivity index (χ1n) is 8.71. The van der Waals surface area contributed by atoms with Crippen LogP contribution in [0.1, 0.15) is 12.0 Å². The first kappa shape index (κ1) is 18.3. The van der Waals surface area contributed by atoms with Crippen molar-refractivity contribution in [2.24, 2.45) is 0 Å². The molecule has 0 saturated heterocycles. The Bertz CT molecular complexity index is 1160. The second-order valence-corrected chi connectivity index (χ2v) is 7.65. The second kappa shape index (κ2) is 7.91. The maximum Gasteiger partial charge on any atom is 0.227 e. The summed E-state index contributed by atoms with van der Waals surface area (Å²) in [6.07, 6.45) is 0.258. The zero-order chi connectivity index (χ0) is 19.5. The third-order valence-corrected chi connectivity index (χ3v) is 5.44. The predicted molar refractivity (Wildman–Crippen MR) is 113 cm³/mol. The van der Waals surface area contributed by atoms with Crippen LogP contribution in [0.15, 0.2) is 47.8 Å². The fraction of sp³-hybridized carbons (Fsp3) is 0.158. The number of aryl methyl sites for hydroxylation is 1. The third kappa shape index (κ3) is 3.95. The maximum absolute atomic E-state index is 12.4. The van der Waals surface area contributed by atoms with E-state index in [9.17, 15) is 4.79 Å². The highest BCUT2D eigenvalue weighted by atomic mass is 32.1. The molecule has 0 atom stereocenters. The van der Waals surface area contributed by atoms with E-state index >= 15 is 0 Å². The highest BCUT2D eigenvalue weighted by molar-refractivity contribution is 7.71. The van der Waals surface area contributed by atoms with E-state index in [-0.39, 0.29) is 12.3 Å². The number of hydrogen-bond acceptors (Lipinski definition) is 5. The molecule has 0 unspecified atom stereocenters. The average molecular weight is 411 g/mol. The lowest BCUT2D eigenvalue weighted by molar-refractivity contribution is -0.116. The summed E-state index contributed by atoms with van der Waals surface area (Å²) in [4.78, 5) is 13.4. The van der Waals surface area contributed by atoms with Gasteiger partial charge in [-0.2, -0.15) is 10.2 Å².